The van der Waals surface area contributed by atoms with Crippen LogP contribution in [-0.4, -0.2) is 34.5 Å². The molecule has 1 heterocycles. The molecule has 0 radical (unpaired) electrons. The molecule has 2 unspecified atom stereocenters. The van der Waals surface area contributed by atoms with Crippen molar-refractivity contribution in [3.63, 3.8) is 0 Å². The van der Waals surface area contributed by atoms with Crippen molar-refractivity contribution in [2.45, 2.75) is 11.0 Å². The van der Waals surface area contributed by atoms with Gasteiger partial charge in [-0.1, -0.05) is 69.6 Å². The lowest BCUT2D eigenvalue weighted by molar-refractivity contribution is 0.191. The lowest BCUT2D eigenvalue weighted by atomic mass is 10.3. The fourth-order valence-electron chi connectivity index (χ4n) is 1.70. The van der Waals surface area contributed by atoms with Gasteiger partial charge in [0.2, 0.25) is 0 Å². The lowest BCUT2D eigenvalue weighted by Gasteiger charge is -2.22. The van der Waals surface area contributed by atoms with Gasteiger partial charge >= 0.3 is 0 Å². The Kier molecular flexibility index (Phi) is 7.75. The molecule has 11 heteroatoms. The molecule has 2 rings (SSSR count). The zero-order chi connectivity index (χ0) is 17.9. The molecular formula is C13H9Cl7N2O2. The van der Waals surface area contributed by atoms with Crippen LogP contribution in [0.4, 0.5) is 0 Å². The number of alkyl halides is 2. The molecule has 1 aromatic rings. The van der Waals surface area contributed by atoms with Gasteiger partial charge in [0.15, 0.2) is 23.3 Å². The summed E-state index contributed by atoms with van der Waals surface area (Å²) >= 11 is 41.2. The summed E-state index contributed by atoms with van der Waals surface area (Å²) in [5.74, 6) is 0.683. The predicted molar refractivity (Wildman–Crippen MR) is 102 cm³/mol. The van der Waals surface area contributed by atoms with Crippen molar-refractivity contribution in [1.82, 2.24) is 4.90 Å². The molecule has 1 aliphatic rings. The number of rotatable bonds is 6. The van der Waals surface area contributed by atoms with E-state index in [0.29, 0.717) is 5.75 Å². The third-order valence-electron chi connectivity index (χ3n) is 2.80. The van der Waals surface area contributed by atoms with Crippen LogP contribution in [0.2, 0.25) is 10.0 Å². The van der Waals surface area contributed by atoms with Gasteiger partial charge in [-0.2, -0.15) is 0 Å². The van der Waals surface area contributed by atoms with E-state index in [1.165, 1.54) is 11.0 Å². The maximum Gasteiger partial charge on any atom is 0.199 e. The average molecular weight is 473 g/mol. The molecule has 132 valence electrons. The van der Waals surface area contributed by atoms with Gasteiger partial charge in [0, 0.05) is 12.1 Å². The summed E-state index contributed by atoms with van der Waals surface area (Å²) in [5, 5.41) is 0.644. The first-order valence-electron chi connectivity index (χ1n) is 6.33. The van der Waals surface area contributed by atoms with E-state index in [-0.39, 0.29) is 38.9 Å². The summed E-state index contributed by atoms with van der Waals surface area (Å²) in [6.45, 7) is 0.143. The van der Waals surface area contributed by atoms with Crippen molar-refractivity contribution >= 4 is 86.5 Å². The van der Waals surface area contributed by atoms with Crippen molar-refractivity contribution in [1.29, 1.82) is 0 Å². The fourth-order valence-corrected chi connectivity index (χ4v) is 3.20. The van der Waals surface area contributed by atoms with E-state index in [0.717, 1.165) is 0 Å². The Morgan fingerprint density at radius 1 is 1.12 bits per heavy atom. The van der Waals surface area contributed by atoms with Crippen LogP contribution in [0.5, 0.6) is 11.5 Å². The minimum Gasteiger partial charge on any atom is -0.489 e. The van der Waals surface area contributed by atoms with Crippen molar-refractivity contribution < 1.29 is 9.47 Å². The second-order valence-corrected chi connectivity index (χ2v) is 7.46. The molecule has 0 N–H and O–H groups in total. The van der Waals surface area contributed by atoms with Crippen LogP contribution in [0.15, 0.2) is 27.7 Å². The number of amidine groups is 1. The third kappa shape index (κ3) is 5.28. The van der Waals surface area contributed by atoms with Crippen molar-refractivity contribution in [3.8, 4) is 11.5 Å². The van der Waals surface area contributed by atoms with Crippen molar-refractivity contribution in [3.05, 3.63) is 32.7 Å². The van der Waals surface area contributed by atoms with Gasteiger partial charge in [0.1, 0.15) is 22.3 Å². The van der Waals surface area contributed by atoms with Crippen molar-refractivity contribution in [2.24, 2.45) is 4.99 Å². The number of hydrogen-bond donors (Lipinski definition) is 0. The fraction of sp³-hybridized carbons (Fsp3) is 0.308. The number of halogens is 7. The first kappa shape index (κ1) is 20.4. The van der Waals surface area contributed by atoms with Crippen molar-refractivity contribution in [2.75, 3.05) is 13.3 Å². The molecule has 0 aromatic heterocycles. The molecule has 2 atom stereocenters. The summed E-state index contributed by atoms with van der Waals surface area (Å²) in [6, 6.07) is 3.09. The topological polar surface area (TPSA) is 34.1 Å². The Bertz CT molecular complexity index is 641. The van der Waals surface area contributed by atoms with E-state index in [9.17, 15) is 0 Å². The van der Waals surface area contributed by atoms with Crippen LogP contribution in [0, 0.1) is 0 Å². The van der Waals surface area contributed by atoms with E-state index in [4.69, 9.17) is 90.7 Å². The Labute approximate surface area is 173 Å². The molecule has 0 aliphatic carbocycles. The summed E-state index contributed by atoms with van der Waals surface area (Å²) in [6.07, 6.45) is 1.48. The van der Waals surface area contributed by atoms with Gasteiger partial charge in [-0.25, -0.2) is 4.99 Å². The summed E-state index contributed by atoms with van der Waals surface area (Å²) in [7, 11) is 0. The van der Waals surface area contributed by atoms with Crippen LogP contribution in [0.1, 0.15) is 0 Å². The zero-order valence-corrected chi connectivity index (χ0v) is 16.9. The van der Waals surface area contributed by atoms with Gasteiger partial charge < -0.3 is 9.47 Å². The largest absolute Gasteiger partial charge is 0.489 e. The molecule has 0 bridgehead atoms. The lowest BCUT2D eigenvalue weighted by Crippen LogP contribution is -2.35. The number of nitrogens with zero attached hydrogens (tertiary/aromatic N) is 2. The van der Waals surface area contributed by atoms with E-state index in [1.54, 1.807) is 12.1 Å². The molecule has 0 saturated heterocycles. The highest BCUT2D eigenvalue weighted by atomic mass is 35.5. The second kappa shape index (κ2) is 9.13. The molecular weight excluding hydrogens is 464 g/mol. The van der Waals surface area contributed by atoms with Crippen LogP contribution < -0.4 is 9.47 Å². The summed E-state index contributed by atoms with van der Waals surface area (Å²) in [5.41, 5.74) is -1.29. The number of aliphatic imine (C=N–C) groups is 1. The van der Waals surface area contributed by atoms with E-state index >= 15 is 0 Å². The minimum absolute atomic E-state index is 0.0239. The standard InChI is InChI=1S/C13H9Cl7N2O2/c14-7-3-6(23-2-1-9(16)17)4-8(15)10(7)24-5-22-12(19)11(18)21-13(22)20/h1,3-4,11-12H,2,5H2. The maximum atomic E-state index is 6.17. The zero-order valence-electron chi connectivity index (χ0n) is 11.7. The first-order valence-corrected chi connectivity index (χ1v) is 9.09. The maximum absolute atomic E-state index is 6.17. The Balaban J connectivity index is 2.03. The number of hydrogen-bond acceptors (Lipinski definition) is 4. The normalized spacial score (nSPS) is 20.0. The highest BCUT2D eigenvalue weighted by Gasteiger charge is 2.33. The van der Waals surface area contributed by atoms with E-state index < -0.39 is 11.0 Å². The quantitative estimate of drug-likeness (QED) is 0.372. The monoisotopic (exact) mass is 470 g/mol. The highest BCUT2D eigenvalue weighted by Crippen LogP contribution is 2.37. The summed E-state index contributed by atoms with van der Waals surface area (Å²) in [4.78, 5) is 5.38. The molecule has 0 spiro atoms. The highest BCUT2D eigenvalue weighted by molar-refractivity contribution is 6.65. The van der Waals surface area contributed by atoms with Crippen LogP contribution >= 0.6 is 81.2 Å². The Morgan fingerprint density at radius 3 is 2.25 bits per heavy atom. The van der Waals surface area contributed by atoms with E-state index in [2.05, 4.69) is 4.99 Å². The van der Waals surface area contributed by atoms with Gasteiger partial charge in [0.05, 0.1) is 10.0 Å². The molecule has 0 amide bonds. The number of ether oxygens (including phenoxy) is 2. The van der Waals surface area contributed by atoms with Crippen LogP contribution in [0.25, 0.3) is 0 Å². The molecule has 0 fully saturated rings. The second-order valence-electron chi connectivity index (χ2n) is 4.41. The molecule has 1 aromatic carbocycles. The molecule has 4 nitrogen and oxygen atoms in total. The molecule has 0 saturated carbocycles. The molecule has 24 heavy (non-hydrogen) atoms. The number of benzene rings is 1. The third-order valence-corrected chi connectivity index (χ3v) is 4.92. The van der Waals surface area contributed by atoms with Gasteiger partial charge in [-0.3, -0.25) is 4.90 Å². The van der Waals surface area contributed by atoms with Gasteiger partial charge in [0.25, 0.3) is 0 Å². The predicted octanol–water partition coefficient (Wildman–Crippen LogP) is 6.07. The van der Waals surface area contributed by atoms with E-state index in [1.807, 2.05) is 0 Å². The Morgan fingerprint density at radius 2 is 1.75 bits per heavy atom. The Hall–Kier alpha value is 0.0600. The first-order chi connectivity index (χ1) is 11.3. The smallest absolute Gasteiger partial charge is 0.199 e. The minimum atomic E-state index is -0.661. The van der Waals surface area contributed by atoms with Gasteiger partial charge in [-0.05, 0) is 17.7 Å². The summed E-state index contributed by atoms with van der Waals surface area (Å²) < 4.78 is 11.1. The average Bonchev–Trinajstić information content (AvgIpc) is 2.72. The SMILES string of the molecule is ClC(Cl)=CCOc1cc(Cl)c(OCN2C(Cl)=NC(Cl)C2Cl)c(Cl)c1. The van der Waals surface area contributed by atoms with Crippen LogP contribution in [0.3, 0.4) is 0 Å². The van der Waals surface area contributed by atoms with Gasteiger partial charge in [-0.15, -0.1) is 0 Å². The molecule has 1 aliphatic heterocycles. The van der Waals surface area contributed by atoms with Crippen LogP contribution in [-0.2, 0) is 0 Å².